The number of non-ortho nitro benzene ring substituents is 1. The van der Waals surface area contributed by atoms with Crippen LogP contribution in [0.15, 0.2) is 54.1 Å². The van der Waals surface area contributed by atoms with E-state index in [0.717, 1.165) is 6.42 Å². The summed E-state index contributed by atoms with van der Waals surface area (Å²) in [6.45, 7) is 4.70. The number of aliphatic hydroxyl groups is 1. The molecule has 3 rings (SSSR count). The maximum atomic E-state index is 12.9. The zero-order valence-corrected chi connectivity index (χ0v) is 17.4. The van der Waals surface area contributed by atoms with Crippen molar-refractivity contribution in [2.75, 3.05) is 13.2 Å². The summed E-state index contributed by atoms with van der Waals surface area (Å²) in [6.07, 6.45) is 1.52. The van der Waals surface area contributed by atoms with Gasteiger partial charge in [-0.1, -0.05) is 37.6 Å². The van der Waals surface area contributed by atoms with Gasteiger partial charge in [0.2, 0.25) is 0 Å². The fourth-order valence-corrected chi connectivity index (χ4v) is 3.62. The van der Waals surface area contributed by atoms with Crippen LogP contribution in [0.5, 0.6) is 5.75 Å². The van der Waals surface area contributed by atoms with Crippen LogP contribution in [0.1, 0.15) is 43.9 Å². The zero-order chi connectivity index (χ0) is 22.5. The second kappa shape index (κ2) is 9.42. The van der Waals surface area contributed by atoms with E-state index < -0.39 is 28.4 Å². The maximum absolute atomic E-state index is 12.9. The highest BCUT2D eigenvalue weighted by atomic mass is 16.6. The number of amides is 1. The second-order valence-corrected chi connectivity index (χ2v) is 7.16. The predicted octanol–water partition coefficient (Wildman–Crippen LogP) is 4.22. The first-order valence-electron chi connectivity index (χ1n) is 10.1. The van der Waals surface area contributed by atoms with Crippen molar-refractivity contribution >= 4 is 23.1 Å². The third-order valence-corrected chi connectivity index (χ3v) is 5.13. The molecule has 1 unspecified atom stereocenters. The molecular weight excluding hydrogens is 400 g/mol. The minimum Gasteiger partial charge on any atom is -0.507 e. The fourth-order valence-electron chi connectivity index (χ4n) is 3.62. The number of nitrogens with zero attached hydrogens (tertiary/aromatic N) is 2. The molecule has 8 heteroatoms. The zero-order valence-electron chi connectivity index (χ0n) is 17.4. The number of rotatable bonds is 8. The molecule has 2 aromatic carbocycles. The van der Waals surface area contributed by atoms with Gasteiger partial charge in [-0.3, -0.25) is 19.7 Å². The molecule has 1 fully saturated rings. The van der Waals surface area contributed by atoms with Crippen LogP contribution in [0, 0.1) is 10.1 Å². The van der Waals surface area contributed by atoms with Gasteiger partial charge in [0.1, 0.15) is 11.5 Å². The molecule has 162 valence electrons. The summed E-state index contributed by atoms with van der Waals surface area (Å²) in [7, 11) is 0. The molecule has 0 saturated carbocycles. The molecule has 0 spiro atoms. The predicted molar refractivity (Wildman–Crippen MR) is 115 cm³/mol. The van der Waals surface area contributed by atoms with Crippen LogP contribution in [0.25, 0.3) is 5.76 Å². The molecule has 31 heavy (non-hydrogen) atoms. The summed E-state index contributed by atoms with van der Waals surface area (Å²) < 4.78 is 5.46. The van der Waals surface area contributed by atoms with E-state index in [4.69, 9.17) is 4.74 Å². The van der Waals surface area contributed by atoms with Crippen molar-refractivity contribution in [2.45, 2.75) is 32.7 Å². The minimum atomic E-state index is -0.806. The Morgan fingerprint density at radius 2 is 1.87 bits per heavy atom. The summed E-state index contributed by atoms with van der Waals surface area (Å²) >= 11 is 0. The van der Waals surface area contributed by atoms with E-state index in [2.05, 4.69) is 0 Å². The highest BCUT2D eigenvalue weighted by molar-refractivity contribution is 6.46. The van der Waals surface area contributed by atoms with E-state index in [-0.39, 0.29) is 16.8 Å². The lowest BCUT2D eigenvalue weighted by molar-refractivity contribution is -0.384. The molecule has 1 saturated heterocycles. The van der Waals surface area contributed by atoms with E-state index in [0.29, 0.717) is 30.9 Å². The molecule has 1 atom stereocenters. The lowest BCUT2D eigenvalue weighted by Crippen LogP contribution is -2.30. The van der Waals surface area contributed by atoms with Gasteiger partial charge in [-0.2, -0.15) is 0 Å². The molecule has 1 aliphatic heterocycles. The lowest BCUT2D eigenvalue weighted by atomic mass is 9.95. The summed E-state index contributed by atoms with van der Waals surface area (Å²) in [6, 6.07) is 11.6. The molecule has 1 heterocycles. The van der Waals surface area contributed by atoms with Crippen LogP contribution in [0.4, 0.5) is 5.69 Å². The van der Waals surface area contributed by atoms with Crippen molar-refractivity contribution in [1.82, 2.24) is 4.90 Å². The van der Waals surface area contributed by atoms with Gasteiger partial charge in [-0.15, -0.1) is 0 Å². The van der Waals surface area contributed by atoms with Gasteiger partial charge >= 0.3 is 0 Å². The highest BCUT2D eigenvalue weighted by Gasteiger charge is 2.45. The Balaban J connectivity index is 2.13. The van der Waals surface area contributed by atoms with Gasteiger partial charge in [0, 0.05) is 24.2 Å². The minimum absolute atomic E-state index is 0.0780. The van der Waals surface area contributed by atoms with Gasteiger partial charge in [0.25, 0.3) is 17.4 Å². The first-order chi connectivity index (χ1) is 14.9. The van der Waals surface area contributed by atoms with E-state index in [9.17, 15) is 24.8 Å². The maximum Gasteiger partial charge on any atom is 0.295 e. The molecule has 0 aliphatic carbocycles. The Kier molecular flexibility index (Phi) is 6.69. The molecule has 1 amide bonds. The van der Waals surface area contributed by atoms with E-state index >= 15 is 0 Å². The highest BCUT2D eigenvalue weighted by Crippen LogP contribution is 2.40. The summed E-state index contributed by atoms with van der Waals surface area (Å²) in [5, 5.41) is 22.1. The quantitative estimate of drug-likeness (QED) is 0.223. The topological polar surface area (TPSA) is 110 Å². The number of benzene rings is 2. The molecule has 0 radical (unpaired) electrons. The number of nitro benzene ring substituents is 1. The van der Waals surface area contributed by atoms with Gasteiger partial charge in [0.05, 0.1) is 23.1 Å². The third kappa shape index (κ3) is 4.42. The number of likely N-dealkylation sites (tertiary alicyclic amines) is 1. The van der Waals surface area contributed by atoms with Gasteiger partial charge in [-0.25, -0.2) is 0 Å². The number of aliphatic hydroxyl groups excluding tert-OH is 1. The molecule has 0 bridgehead atoms. The Morgan fingerprint density at radius 3 is 2.48 bits per heavy atom. The first-order valence-corrected chi connectivity index (χ1v) is 10.1. The number of unbranched alkanes of at least 4 members (excludes halogenated alkanes) is 1. The monoisotopic (exact) mass is 424 g/mol. The molecule has 2 aromatic rings. The van der Waals surface area contributed by atoms with Crippen LogP contribution in [0.3, 0.4) is 0 Å². The number of ether oxygens (including phenoxy) is 1. The number of hydrogen-bond donors (Lipinski definition) is 1. The summed E-state index contributed by atoms with van der Waals surface area (Å²) in [5.41, 5.74) is 0.456. The van der Waals surface area contributed by atoms with Gasteiger partial charge in [-0.05, 0) is 31.0 Å². The summed E-state index contributed by atoms with van der Waals surface area (Å²) in [4.78, 5) is 37.7. The molecule has 0 aromatic heterocycles. The number of hydrogen-bond acceptors (Lipinski definition) is 6. The smallest absolute Gasteiger partial charge is 0.295 e. The number of ketones is 1. The van der Waals surface area contributed by atoms with E-state index in [1.165, 1.54) is 29.2 Å². The van der Waals surface area contributed by atoms with Crippen LogP contribution in [0.2, 0.25) is 0 Å². The number of nitro groups is 1. The second-order valence-electron chi connectivity index (χ2n) is 7.16. The number of carbonyl (C=O) groups excluding carboxylic acids is 2. The SMILES string of the molecule is CCCCN1C(=O)C(=O)/C(=C(\O)c2cccc([N+](=O)[O-])c2)C1c1ccc(OCC)cc1. The molecule has 1 aliphatic rings. The van der Waals surface area contributed by atoms with Crippen molar-refractivity contribution in [1.29, 1.82) is 0 Å². The van der Waals surface area contributed by atoms with Crippen molar-refractivity contribution in [3.05, 3.63) is 75.3 Å². The van der Waals surface area contributed by atoms with Crippen LogP contribution in [-0.2, 0) is 9.59 Å². The van der Waals surface area contributed by atoms with Crippen molar-refractivity contribution in [3.63, 3.8) is 0 Å². The first kappa shape index (κ1) is 22.0. The van der Waals surface area contributed by atoms with Crippen LogP contribution in [-0.4, -0.2) is 39.8 Å². The molecular formula is C23H24N2O6. The fraction of sp³-hybridized carbons (Fsp3) is 0.304. The Hall–Kier alpha value is -3.68. The van der Waals surface area contributed by atoms with E-state index in [1.807, 2.05) is 13.8 Å². The van der Waals surface area contributed by atoms with Crippen LogP contribution >= 0.6 is 0 Å². The van der Waals surface area contributed by atoms with Crippen molar-refractivity contribution in [2.24, 2.45) is 0 Å². The van der Waals surface area contributed by atoms with Crippen molar-refractivity contribution < 1.29 is 24.4 Å². The largest absolute Gasteiger partial charge is 0.507 e. The van der Waals surface area contributed by atoms with Gasteiger partial charge in [0.15, 0.2) is 0 Å². The number of Topliss-reactive ketones (excluding diaryl/α,β-unsaturated/α-hetero) is 1. The van der Waals surface area contributed by atoms with Crippen LogP contribution < -0.4 is 4.74 Å². The summed E-state index contributed by atoms with van der Waals surface area (Å²) in [5.74, 6) is -1.28. The normalized spacial score (nSPS) is 17.7. The molecule has 8 nitrogen and oxygen atoms in total. The third-order valence-electron chi connectivity index (χ3n) is 5.13. The van der Waals surface area contributed by atoms with E-state index in [1.54, 1.807) is 24.3 Å². The Bertz CT molecular complexity index is 1030. The average Bonchev–Trinajstić information content (AvgIpc) is 3.02. The standard InChI is InChI=1S/C23H24N2O6/c1-3-5-13-24-20(15-9-11-18(12-10-15)31-4-2)19(22(27)23(24)28)21(26)16-7-6-8-17(14-16)25(29)30/h6-12,14,20,26H,3-5,13H2,1-2H3/b21-19-. The Morgan fingerprint density at radius 1 is 1.16 bits per heavy atom. The molecule has 1 N–H and O–H groups in total. The average molecular weight is 424 g/mol. The number of carbonyl (C=O) groups is 2. The van der Waals surface area contributed by atoms with Gasteiger partial charge < -0.3 is 14.7 Å². The lowest BCUT2D eigenvalue weighted by Gasteiger charge is -2.25. The Labute approximate surface area is 179 Å². The van der Waals surface area contributed by atoms with Crippen molar-refractivity contribution in [3.8, 4) is 5.75 Å².